The molecule has 0 unspecified atom stereocenters. The van der Waals surface area contributed by atoms with E-state index in [0.717, 1.165) is 9.87 Å². The first-order valence-corrected chi connectivity index (χ1v) is 13.6. The Morgan fingerprint density at radius 3 is 2.18 bits per heavy atom. The first-order chi connectivity index (χ1) is 18.6. The zero-order valence-corrected chi connectivity index (χ0v) is 22.9. The number of thiol groups is 1. The van der Waals surface area contributed by atoms with E-state index in [1.54, 1.807) is 43.5 Å². The average Bonchev–Trinajstić information content (AvgIpc) is 2.92. The standard InChI is InChI=1S/C26H28N4O7S2/c1-18-4-14-23(15-5-18)39(34,35)29-25(32)28-20-8-6-19(7-9-20)24(31)37-17-3-16-27-26(33)30(38)21-10-12-22(36-2)13-11-21/h4-15,38H,3,16-17H2,1-2H3,(H,27,33)(H2,28,29,32). The lowest BCUT2D eigenvalue weighted by Crippen LogP contribution is -2.35. The number of hydrogen-bond acceptors (Lipinski definition) is 8. The molecule has 39 heavy (non-hydrogen) atoms. The first-order valence-electron chi connectivity index (χ1n) is 11.7. The molecule has 3 aromatic carbocycles. The monoisotopic (exact) mass is 572 g/mol. The summed E-state index contributed by atoms with van der Waals surface area (Å²) in [6.07, 6.45) is 0.372. The molecule has 11 nitrogen and oxygen atoms in total. The predicted molar refractivity (Wildman–Crippen MR) is 150 cm³/mol. The molecular weight excluding hydrogens is 544 g/mol. The third-order valence-corrected chi connectivity index (χ3v) is 7.04. The van der Waals surface area contributed by atoms with Crippen LogP contribution in [0.5, 0.6) is 5.75 Å². The van der Waals surface area contributed by atoms with E-state index >= 15 is 0 Å². The summed E-state index contributed by atoms with van der Waals surface area (Å²) in [5, 5.41) is 5.08. The molecule has 0 saturated heterocycles. The largest absolute Gasteiger partial charge is 0.497 e. The maximum atomic E-state index is 12.3. The van der Waals surface area contributed by atoms with Gasteiger partial charge in [0.2, 0.25) is 0 Å². The Morgan fingerprint density at radius 2 is 1.56 bits per heavy atom. The summed E-state index contributed by atoms with van der Waals surface area (Å²) in [6.45, 7) is 2.13. The Bertz CT molecular complexity index is 1400. The van der Waals surface area contributed by atoms with E-state index in [4.69, 9.17) is 9.47 Å². The number of hydrogen-bond donors (Lipinski definition) is 4. The quantitative estimate of drug-likeness (QED) is 0.163. The van der Waals surface area contributed by atoms with E-state index in [1.807, 2.05) is 11.6 Å². The van der Waals surface area contributed by atoms with Gasteiger partial charge in [-0.25, -0.2) is 31.8 Å². The van der Waals surface area contributed by atoms with E-state index < -0.39 is 28.1 Å². The van der Waals surface area contributed by atoms with E-state index in [1.165, 1.54) is 36.4 Å². The van der Waals surface area contributed by atoms with Gasteiger partial charge in [-0.15, -0.1) is 0 Å². The molecule has 3 aromatic rings. The molecular formula is C26H28N4O7S2. The molecule has 3 N–H and O–H groups in total. The molecule has 0 aliphatic heterocycles. The number of nitrogens with zero attached hydrogens (tertiary/aromatic N) is 1. The van der Waals surface area contributed by atoms with Crippen molar-refractivity contribution in [1.82, 2.24) is 10.0 Å². The third kappa shape index (κ3) is 8.65. The second-order valence-corrected chi connectivity index (χ2v) is 10.3. The van der Waals surface area contributed by atoms with Crippen LogP contribution < -0.4 is 24.4 Å². The highest BCUT2D eigenvalue weighted by atomic mass is 32.2. The molecule has 0 aromatic heterocycles. The van der Waals surface area contributed by atoms with Crippen LogP contribution in [0.3, 0.4) is 0 Å². The summed E-state index contributed by atoms with van der Waals surface area (Å²) in [5.41, 5.74) is 1.96. The normalized spacial score (nSPS) is 10.7. The van der Waals surface area contributed by atoms with Crippen molar-refractivity contribution in [3.63, 3.8) is 0 Å². The molecule has 0 fully saturated rings. The number of esters is 1. The van der Waals surface area contributed by atoms with Gasteiger partial charge in [-0.1, -0.05) is 30.5 Å². The minimum Gasteiger partial charge on any atom is -0.497 e. The van der Waals surface area contributed by atoms with E-state index in [2.05, 4.69) is 23.4 Å². The van der Waals surface area contributed by atoms with E-state index in [9.17, 15) is 22.8 Å². The molecule has 0 spiro atoms. The third-order valence-electron chi connectivity index (χ3n) is 5.28. The maximum absolute atomic E-state index is 12.3. The molecule has 4 amide bonds. The van der Waals surface area contributed by atoms with E-state index in [-0.39, 0.29) is 29.3 Å². The fourth-order valence-electron chi connectivity index (χ4n) is 3.18. The number of benzene rings is 3. The van der Waals surface area contributed by atoms with Crippen LogP contribution in [-0.4, -0.2) is 46.7 Å². The van der Waals surface area contributed by atoms with Crippen LogP contribution in [0.1, 0.15) is 22.3 Å². The summed E-state index contributed by atoms with van der Waals surface area (Å²) in [4.78, 5) is 36.6. The van der Waals surface area contributed by atoms with Crippen molar-refractivity contribution in [1.29, 1.82) is 0 Å². The van der Waals surface area contributed by atoms with Crippen LogP contribution in [0.4, 0.5) is 21.0 Å². The molecule has 0 aliphatic carbocycles. The summed E-state index contributed by atoms with van der Waals surface area (Å²) >= 11 is 4.19. The molecule has 13 heteroatoms. The molecule has 3 rings (SSSR count). The molecule has 0 bridgehead atoms. The van der Waals surface area contributed by atoms with Gasteiger partial charge in [0.15, 0.2) is 0 Å². The SMILES string of the molecule is COc1ccc(N(S)C(=O)NCCCOC(=O)c2ccc(NC(=O)NS(=O)(=O)c3ccc(C)cc3)cc2)cc1. The maximum Gasteiger partial charge on any atom is 0.338 e. The van der Waals surface area contributed by atoms with Crippen molar-refractivity contribution < 1.29 is 32.3 Å². The van der Waals surface area contributed by atoms with Gasteiger partial charge in [0.1, 0.15) is 5.75 Å². The Kier molecular flexibility index (Phi) is 10.2. The van der Waals surface area contributed by atoms with Gasteiger partial charge in [-0.3, -0.25) is 0 Å². The summed E-state index contributed by atoms with van der Waals surface area (Å²) in [6, 6.07) is 17.2. The van der Waals surface area contributed by atoms with Gasteiger partial charge in [-0.2, -0.15) is 0 Å². The minimum absolute atomic E-state index is 0.0407. The molecule has 0 heterocycles. The minimum atomic E-state index is -4.03. The van der Waals surface area contributed by atoms with Crippen LogP contribution in [-0.2, 0) is 14.8 Å². The molecule has 0 atom stereocenters. The smallest absolute Gasteiger partial charge is 0.338 e. The van der Waals surface area contributed by atoms with E-state index in [0.29, 0.717) is 17.9 Å². The first kappa shape index (κ1) is 29.3. The lowest BCUT2D eigenvalue weighted by atomic mass is 10.2. The number of ether oxygens (including phenoxy) is 2. The predicted octanol–water partition coefficient (Wildman–Crippen LogP) is 4.12. The Labute approximate surface area is 232 Å². The van der Waals surface area contributed by atoms with Crippen LogP contribution in [0.2, 0.25) is 0 Å². The lowest BCUT2D eigenvalue weighted by Gasteiger charge is -2.16. The number of anilines is 2. The number of urea groups is 2. The number of rotatable bonds is 10. The summed E-state index contributed by atoms with van der Waals surface area (Å²) < 4.78 is 38.0. The Morgan fingerprint density at radius 1 is 0.923 bits per heavy atom. The number of amides is 4. The van der Waals surface area contributed by atoms with Gasteiger partial charge < -0.3 is 20.1 Å². The number of aryl methyl sites for hydroxylation is 1. The zero-order valence-electron chi connectivity index (χ0n) is 21.2. The molecule has 0 radical (unpaired) electrons. The zero-order chi connectivity index (χ0) is 28.4. The number of sulfonamides is 1. The van der Waals surface area contributed by atoms with Crippen molar-refractivity contribution in [3.8, 4) is 5.75 Å². The average molecular weight is 573 g/mol. The summed E-state index contributed by atoms with van der Waals surface area (Å²) in [7, 11) is -2.49. The fraction of sp³-hybridized carbons (Fsp3) is 0.192. The van der Waals surface area contributed by atoms with Crippen molar-refractivity contribution in [3.05, 3.63) is 83.9 Å². The molecule has 0 aliphatic rings. The number of methoxy groups -OCH3 is 1. The highest BCUT2D eigenvalue weighted by Crippen LogP contribution is 2.20. The van der Waals surface area contributed by atoms with Gasteiger partial charge in [0.25, 0.3) is 10.0 Å². The molecule has 0 saturated carbocycles. The number of carbonyl (C=O) groups excluding carboxylic acids is 3. The lowest BCUT2D eigenvalue weighted by molar-refractivity contribution is 0.0501. The van der Waals surface area contributed by atoms with Gasteiger partial charge >= 0.3 is 18.0 Å². The van der Waals surface area contributed by atoms with Crippen molar-refractivity contribution >= 4 is 52.2 Å². The van der Waals surface area contributed by atoms with Crippen molar-refractivity contribution in [2.75, 3.05) is 29.9 Å². The highest BCUT2D eigenvalue weighted by molar-refractivity contribution is 7.90. The number of nitrogens with one attached hydrogen (secondary N) is 3. The second-order valence-electron chi connectivity index (χ2n) is 8.18. The van der Waals surface area contributed by atoms with Crippen LogP contribution in [0, 0.1) is 6.92 Å². The highest BCUT2D eigenvalue weighted by Gasteiger charge is 2.18. The van der Waals surface area contributed by atoms with Crippen molar-refractivity contribution in [2.45, 2.75) is 18.2 Å². The van der Waals surface area contributed by atoms with Crippen LogP contribution >= 0.6 is 12.8 Å². The van der Waals surface area contributed by atoms with Gasteiger partial charge in [0, 0.05) is 12.2 Å². The van der Waals surface area contributed by atoms with Crippen molar-refractivity contribution in [2.24, 2.45) is 0 Å². The number of carbonyl (C=O) groups is 3. The second kappa shape index (κ2) is 13.5. The Hall–Kier alpha value is -4.23. The topological polar surface area (TPSA) is 143 Å². The molecule has 206 valence electrons. The van der Waals surface area contributed by atoms with Crippen LogP contribution in [0.15, 0.2) is 77.7 Å². The van der Waals surface area contributed by atoms with Crippen LogP contribution in [0.25, 0.3) is 0 Å². The Balaban J connectivity index is 1.39. The van der Waals surface area contributed by atoms with Gasteiger partial charge in [-0.05, 0) is 74.0 Å². The fourth-order valence-corrected chi connectivity index (χ4v) is 4.29. The van der Waals surface area contributed by atoms with Gasteiger partial charge in [0.05, 0.1) is 29.9 Å². The summed E-state index contributed by atoms with van der Waals surface area (Å²) in [5.74, 6) is 0.0665.